The van der Waals surface area contributed by atoms with E-state index in [1.54, 1.807) is 20.8 Å². The van der Waals surface area contributed by atoms with E-state index in [0.29, 0.717) is 6.42 Å². The fourth-order valence-corrected chi connectivity index (χ4v) is 3.71. The first-order valence-electron chi connectivity index (χ1n) is 9.66. The number of rotatable bonds is 2. The van der Waals surface area contributed by atoms with Gasteiger partial charge in [-0.05, 0) is 34.1 Å². The zero-order valence-corrected chi connectivity index (χ0v) is 18.0. The Bertz CT molecular complexity index is 884. The third kappa shape index (κ3) is 4.09. The average molecular weight is 422 g/mol. The van der Waals surface area contributed by atoms with E-state index in [9.17, 15) is 14.0 Å². The topological polar surface area (TPSA) is 102 Å². The van der Waals surface area contributed by atoms with Crippen molar-refractivity contribution < 1.29 is 28.2 Å². The van der Waals surface area contributed by atoms with E-state index < -0.39 is 29.0 Å². The van der Waals surface area contributed by atoms with Crippen LogP contribution in [0, 0.1) is 11.7 Å². The van der Waals surface area contributed by atoms with Gasteiger partial charge in [-0.15, -0.1) is 4.99 Å². The number of amides is 2. The quantitative estimate of drug-likeness (QED) is 0.779. The number of nitrogens with one attached hydrogen (secondary N) is 1. The Kier molecular flexibility index (Phi) is 5.72. The predicted octanol–water partition coefficient (Wildman–Crippen LogP) is 2.20. The van der Waals surface area contributed by atoms with Crippen LogP contribution < -0.4 is 10.1 Å². The van der Waals surface area contributed by atoms with Gasteiger partial charge >= 0.3 is 6.09 Å². The first-order valence-corrected chi connectivity index (χ1v) is 9.66. The smallest absolute Gasteiger partial charge is 0.437 e. The summed E-state index contributed by atoms with van der Waals surface area (Å²) in [4.78, 5) is 34.6. The van der Waals surface area contributed by atoms with Crippen LogP contribution in [0.25, 0.3) is 0 Å². The first-order chi connectivity index (χ1) is 14.0. The molecular formula is C20H27FN4O5. The largest absolute Gasteiger partial charge is 0.481 e. The predicted molar refractivity (Wildman–Crippen MR) is 106 cm³/mol. The molecule has 2 aliphatic heterocycles. The van der Waals surface area contributed by atoms with E-state index >= 15 is 0 Å². The van der Waals surface area contributed by atoms with Crippen LogP contribution in [0.3, 0.4) is 0 Å². The highest BCUT2D eigenvalue weighted by Crippen LogP contribution is 2.42. The molecule has 0 aliphatic carbocycles. The van der Waals surface area contributed by atoms with Gasteiger partial charge in [-0.1, -0.05) is 0 Å². The van der Waals surface area contributed by atoms with Crippen molar-refractivity contribution in [2.75, 3.05) is 20.8 Å². The van der Waals surface area contributed by atoms with Gasteiger partial charge in [0, 0.05) is 18.7 Å². The number of carbonyl (C=O) groups excluding carboxylic acids is 2. The number of pyridine rings is 1. The van der Waals surface area contributed by atoms with Crippen molar-refractivity contribution in [1.82, 2.24) is 15.2 Å². The van der Waals surface area contributed by atoms with E-state index in [1.165, 1.54) is 25.1 Å². The van der Waals surface area contributed by atoms with Crippen molar-refractivity contribution >= 4 is 18.0 Å². The van der Waals surface area contributed by atoms with Gasteiger partial charge in [-0.2, -0.15) is 0 Å². The summed E-state index contributed by atoms with van der Waals surface area (Å²) in [5, 5.41) is 3.10. The highest BCUT2D eigenvalue weighted by atomic mass is 19.1. The molecule has 0 spiro atoms. The molecule has 1 aromatic heterocycles. The molecule has 2 saturated heterocycles. The van der Waals surface area contributed by atoms with E-state index in [2.05, 4.69) is 15.3 Å². The van der Waals surface area contributed by atoms with Crippen LogP contribution in [0.15, 0.2) is 17.3 Å². The molecular weight excluding hydrogens is 395 g/mol. The van der Waals surface area contributed by atoms with Crippen molar-refractivity contribution in [2.45, 2.75) is 51.4 Å². The molecule has 0 radical (unpaired) electrons. The molecule has 30 heavy (non-hydrogen) atoms. The summed E-state index contributed by atoms with van der Waals surface area (Å²) in [5.41, 5.74) is -1.88. The van der Waals surface area contributed by atoms with Gasteiger partial charge in [0.1, 0.15) is 17.0 Å². The van der Waals surface area contributed by atoms with Crippen molar-refractivity contribution in [3.8, 4) is 5.88 Å². The molecule has 10 heteroatoms. The van der Waals surface area contributed by atoms with E-state index in [0.717, 1.165) is 6.20 Å². The van der Waals surface area contributed by atoms with Crippen molar-refractivity contribution in [3.63, 3.8) is 0 Å². The lowest BCUT2D eigenvalue weighted by atomic mass is 9.72. The number of hydrogen-bond acceptors (Lipinski definition) is 6. The lowest BCUT2D eigenvalue weighted by Gasteiger charge is -2.51. The second kappa shape index (κ2) is 7.82. The number of ether oxygens (including phenoxy) is 3. The summed E-state index contributed by atoms with van der Waals surface area (Å²) in [6.07, 6.45) is 0.335. The first kappa shape index (κ1) is 21.9. The number of aliphatic imine (C=N–C) groups is 1. The summed E-state index contributed by atoms with van der Waals surface area (Å²) in [6.45, 7) is 6.98. The number of guanidine groups is 1. The van der Waals surface area contributed by atoms with E-state index in [-0.39, 0.29) is 36.0 Å². The molecule has 0 bridgehead atoms. The third-order valence-corrected chi connectivity index (χ3v) is 5.15. The minimum atomic E-state index is -1.28. The van der Waals surface area contributed by atoms with Crippen LogP contribution in [-0.2, 0) is 19.8 Å². The minimum absolute atomic E-state index is 0.00413. The third-order valence-electron chi connectivity index (χ3n) is 5.15. The fourth-order valence-electron chi connectivity index (χ4n) is 3.71. The molecule has 2 amide bonds. The molecule has 164 valence electrons. The Morgan fingerprint density at radius 2 is 2.17 bits per heavy atom. The zero-order valence-electron chi connectivity index (χ0n) is 18.0. The molecule has 9 nitrogen and oxygen atoms in total. The lowest BCUT2D eigenvalue weighted by Crippen LogP contribution is -2.69. The molecule has 0 unspecified atom stereocenters. The number of aromatic nitrogens is 1. The minimum Gasteiger partial charge on any atom is -0.481 e. The standard InChI is InChI=1S/C20H27FN4O5/c1-11-7-13-16(26)25(5)17(23-18(27)30-19(2,3)4)24-20(13,10-29-11)12-8-15(28-6)22-9-14(12)21/h8-9,11,13H,7,10H2,1-6H3,(H,23,24,27)/t11-,13-,20+/m0/s1. The van der Waals surface area contributed by atoms with Crippen LogP contribution in [0.4, 0.5) is 9.18 Å². The lowest BCUT2D eigenvalue weighted by molar-refractivity contribution is -0.148. The van der Waals surface area contributed by atoms with Gasteiger partial charge in [0.25, 0.3) is 0 Å². The van der Waals surface area contributed by atoms with Crippen molar-refractivity contribution in [1.29, 1.82) is 0 Å². The van der Waals surface area contributed by atoms with Crippen LogP contribution in [0.2, 0.25) is 0 Å². The Morgan fingerprint density at radius 1 is 1.47 bits per heavy atom. The summed E-state index contributed by atoms with van der Waals surface area (Å²) in [5.74, 6) is -1.43. The van der Waals surface area contributed by atoms with Crippen LogP contribution in [0.1, 0.15) is 39.7 Å². The molecule has 0 aromatic carbocycles. The van der Waals surface area contributed by atoms with E-state index in [1.807, 2.05) is 6.92 Å². The molecule has 3 heterocycles. The van der Waals surface area contributed by atoms with Crippen LogP contribution in [-0.4, -0.2) is 60.3 Å². The van der Waals surface area contributed by atoms with Gasteiger partial charge in [-0.25, -0.2) is 14.2 Å². The molecule has 0 saturated carbocycles. The van der Waals surface area contributed by atoms with Gasteiger partial charge in [0.05, 0.1) is 31.9 Å². The van der Waals surface area contributed by atoms with Crippen LogP contribution >= 0.6 is 0 Å². The van der Waals surface area contributed by atoms with E-state index in [4.69, 9.17) is 14.2 Å². The maximum absolute atomic E-state index is 14.9. The Balaban J connectivity index is 2.10. The van der Waals surface area contributed by atoms with Crippen molar-refractivity contribution in [3.05, 3.63) is 23.6 Å². The molecule has 3 atom stereocenters. The summed E-state index contributed by atoms with van der Waals surface area (Å²) >= 11 is 0. The Hall–Kier alpha value is -2.75. The number of fused-ring (bicyclic) bond motifs is 1. The Labute approximate surface area is 174 Å². The summed E-state index contributed by atoms with van der Waals surface area (Å²) in [6, 6.07) is 1.43. The van der Waals surface area contributed by atoms with Gasteiger partial charge in [0.2, 0.25) is 17.7 Å². The highest BCUT2D eigenvalue weighted by molar-refractivity contribution is 6.04. The Morgan fingerprint density at radius 3 is 2.80 bits per heavy atom. The van der Waals surface area contributed by atoms with Gasteiger partial charge in [-0.3, -0.25) is 9.69 Å². The fraction of sp³-hybridized carbons (Fsp3) is 0.600. The molecule has 1 aromatic rings. The molecule has 2 fully saturated rings. The second-order valence-electron chi connectivity index (χ2n) is 8.53. The number of carbonyl (C=O) groups is 2. The SMILES string of the molecule is COc1cc([C@]23CO[C@@H](C)C[C@H]2C(=O)N(C)/C(=N\C(=O)OC(C)(C)C)N3)c(F)cn1. The highest BCUT2D eigenvalue weighted by Gasteiger charge is 2.55. The van der Waals surface area contributed by atoms with Gasteiger partial charge in [0.15, 0.2) is 0 Å². The second-order valence-corrected chi connectivity index (χ2v) is 8.53. The molecule has 1 N–H and O–H groups in total. The van der Waals surface area contributed by atoms with Gasteiger partial charge < -0.3 is 19.5 Å². The monoisotopic (exact) mass is 422 g/mol. The average Bonchev–Trinajstić information content (AvgIpc) is 2.65. The maximum atomic E-state index is 14.9. The number of halogens is 1. The number of methoxy groups -OCH3 is 1. The molecule has 3 rings (SSSR count). The molecule has 2 aliphatic rings. The van der Waals surface area contributed by atoms with Crippen molar-refractivity contribution in [2.24, 2.45) is 10.9 Å². The maximum Gasteiger partial charge on any atom is 0.437 e. The normalized spacial score (nSPS) is 28.0. The number of nitrogens with zero attached hydrogens (tertiary/aromatic N) is 3. The van der Waals surface area contributed by atoms with Crippen LogP contribution in [0.5, 0.6) is 5.88 Å². The summed E-state index contributed by atoms with van der Waals surface area (Å²) < 4.78 is 31.1. The summed E-state index contributed by atoms with van der Waals surface area (Å²) in [7, 11) is 2.92. The number of hydrogen-bond donors (Lipinski definition) is 1. The zero-order chi connectivity index (χ0) is 22.3.